The van der Waals surface area contributed by atoms with Crippen LogP contribution in [0.4, 0.5) is 0 Å². The number of hydrogen-bond acceptors (Lipinski definition) is 8. The summed E-state index contributed by atoms with van der Waals surface area (Å²) in [7, 11) is 0. The molecular weight excluding hydrogens is 479 g/mol. The van der Waals surface area contributed by atoms with E-state index in [9.17, 15) is 14.4 Å². The Morgan fingerprint density at radius 1 is 1.00 bits per heavy atom. The average Bonchev–Trinajstić information content (AvgIpc) is 2.79. The molecule has 0 aliphatic carbocycles. The summed E-state index contributed by atoms with van der Waals surface area (Å²) in [6.07, 6.45) is 1.81. The fourth-order valence-electron chi connectivity index (χ4n) is 2.81. The Labute approximate surface area is 197 Å². The van der Waals surface area contributed by atoms with Gasteiger partial charge in [-0.05, 0) is 34.9 Å². The van der Waals surface area contributed by atoms with Crippen molar-refractivity contribution >= 4 is 41.4 Å². The van der Waals surface area contributed by atoms with E-state index in [1.165, 1.54) is 4.90 Å². The van der Waals surface area contributed by atoms with Crippen molar-refractivity contribution in [3.05, 3.63) is 58.7 Å². The summed E-state index contributed by atoms with van der Waals surface area (Å²) in [5, 5.41) is 8.91. The number of carbonyl (C=O) groups is 3. The first-order valence-electron chi connectivity index (χ1n) is 9.91. The summed E-state index contributed by atoms with van der Waals surface area (Å²) >= 11 is 1.70. The maximum absolute atomic E-state index is 11.1. The van der Waals surface area contributed by atoms with Gasteiger partial charge in [0.05, 0.1) is 18.1 Å². The minimum absolute atomic E-state index is 0.0478. The number of ketones is 2. The van der Waals surface area contributed by atoms with Gasteiger partial charge >= 0.3 is 22.5 Å². The van der Waals surface area contributed by atoms with E-state index in [2.05, 4.69) is 0 Å². The Hall–Kier alpha value is -1.77. The first-order chi connectivity index (χ1) is 15.4. The number of carbonyl (C=O) groups excluding carboxylic acids is 3. The molecule has 2 aromatic carbocycles. The van der Waals surface area contributed by atoms with Gasteiger partial charge in [-0.3, -0.25) is 14.4 Å². The van der Waals surface area contributed by atoms with Crippen molar-refractivity contribution in [3.8, 4) is 0 Å². The Morgan fingerprint density at radius 2 is 1.48 bits per heavy atom. The number of rotatable bonds is 2. The molecule has 2 aromatic rings. The molecule has 167 valence electrons. The van der Waals surface area contributed by atoms with Crippen molar-refractivity contribution in [2.24, 2.45) is 0 Å². The number of thioether (sulfide) groups is 2. The molecule has 1 N–H and O–H groups in total. The van der Waals surface area contributed by atoms with E-state index in [-0.39, 0.29) is 18.2 Å². The quantitative estimate of drug-likeness (QED) is 0.485. The van der Waals surface area contributed by atoms with Gasteiger partial charge < -0.3 is 5.11 Å². The third kappa shape index (κ3) is 9.09. The fraction of sp³-hybridized carbons (Fsp3) is 0.318. The maximum atomic E-state index is 11.1. The number of fused-ring (bicyclic) bond motifs is 2. The summed E-state index contributed by atoms with van der Waals surface area (Å²) in [6, 6.07) is 11.3. The monoisotopic (exact) mass is 504 g/mol. The van der Waals surface area contributed by atoms with Gasteiger partial charge in [-0.25, -0.2) is 0 Å². The third-order valence-electron chi connectivity index (χ3n) is 4.08. The number of aliphatic hydroxyl groups is 1. The summed E-state index contributed by atoms with van der Waals surface area (Å²) in [5.41, 5.74) is 3.58. The van der Waals surface area contributed by atoms with E-state index in [0.29, 0.717) is 36.8 Å². The second kappa shape index (κ2) is 15.1. The molecule has 0 spiro atoms. The molecule has 2 aliphatic rings. The van der Waals surface area contributed by atoms with Gasteiger partial charge in [0.1, 0.15) is 17.9 Å². The standard InChI is InChI=1S/C10H10O2S.C10H8O2S.C2H6.Mn.2O/c2*11-5-7-1-2-10-8(3-7)4-9(12)6-13-10;1-2;;;/h1-3,11H,4-6H2;1-3,5H,4,6H2;1-2H3;;;/i;;1D;;;. The van der Waals surface area contributed by atoms with Gasteiger partial charge in [0, 0.05) is 29.6 Å². The van der Waals surface area contributed by atoms with Crippen LogP contribution in [0.15, 0.2) is 46.2 Å². The molecule has 0 amide bonds. The van der Waals surface area contributed by atoms with Crippen LogP contribution in [0.2, 0.25) is 0 Å². The van der Waals surface area contributed by atoms with Gasteiger partial charge in [0.15, 0.2) is 0 Å². The van der Waals surface area contributed by atoms with Crippen LogP contribution in [0.3, 0.4) is 0 Å². The van der Waals surface area contributed by atoms with Gasteiger partial charge in [-0.1, -0.05) is 32.0 Å². The molecule has 9 heteroatoms. The number of aldehydes is 1. The van der Waals surface area contributed by atoms with Crippen LogP contribution in [0.1, 0.15) is 42.2 Å². The molecule has 2 heterocycles. The number of benzene rings is 2. The van der Waals surface area contributed by atoms with E-state index in [0.717, 1.165) is 27.9 Å². The van der Waals surface area contributed by atoms with Crippen LogP contribution in [-0.2, 0) is 51.5 Å². The van der Waals surface area contributed by atoms with E-state index >= 15 is 0 Å². The zero-order valence-corrected chi connectivity index (χ0v) is 19.8. The first kappa shape index (κ1) is 25.5. The molecule has 4 rings (SSSR count). The molecule has 0 saturated heterocycles. The molecule has 31 heavy (non-hydrogen) atoms. The van der Waals surface area contributed by atoms with Crippen molar-refractivity contribution in [1.29, 1.82) is 0 Å². The van der Waals surface area contributed by atoms with Crippen LogP contribution in [0.5, 0.6) is 0 Å². The fourth-order valence-corrected chi connectivity index (χ4v) is 4.60. The minimum atomic E-state index is -1.44. The van der Waals surface area contributed by atoms with Crippen LogP contribution in [0, 0.1) is 0 Å². The SMILES string of the molecule is O=C1CSc2ccc(CO)cc2C1.O=Cc1ccc2c(c1)CC(=O)CS2.[2H]CC.[O]=[Mn]=[O]. The molecule has 0 aromatic heterocycles. The first-order valence-corrected chi connectivity index (χ1v) is 12.1. The van der Waals surface area contributed by atoms with Gasteiger partial charge in [-0.15, -0.1) is 23.5 Å². The number of aliphatic hydroxyl groups excluding tert-OH is 1. The topological polar surface area (TPSA) is 106 Å². The van der Waals surface area contributed by atoms with Crippen LogP contribution in [-0.4, -0.2) is 34.5 Å². The third-order valence-corrected chi connectivity index (χ3v) is 6.43. The number of Topliss-reactive ketones (excluding diaryl/α,β-unsaturated/α-hetero) is 2. The van der Waals surface area contributed by atoms with Crippen molar-refractivity contribution in [2.45, 2.75) is 43.1 Å². The molecule has 2 aliphatic heterocycles. The molecule has 0 radical (unpaired) electrons. The van der Waals surface area contributed by atoms with Crippen LogP contribution >= 0.6 is 23.5 Å². The second-order valence-corrected chi connectivity index (χ2v) is 8.39. The Kier molecular flexibility index (Phi) is 12.4. The molecule has 0 bridgehead atoms. The molecular formula is C22H24MnO6S2. The summed E-state index contributed by atoms with van der Waals surface area (Å²) in [5.74, 6) is 1.66. The van der Waals surface area contributed by atoms with Gasteiger partial charge in [0.2, 0.25) is 0 Å². The summed E-state index contributed by atoms with van der Waals surface area (Å²) in [6.45, 7) is 2.34. The Balaban J connectivity index is 0.000000258. The van der Waals surface area contributed by atoms with Crippen LogP contribution in [0.25, 0.3) is 0 Å². The van der Waals surface area contributed by atoms with Gasteiger partial charge in [0.25, 0.3) is 0 Å². The molecule has 0 atom stereocenters. The van der Waals surface area contributed by atoms with Crippen molar-refractivity contribution < 1.29 is 43.4 Å². The van der Waals surface area contributed by atoms with E-state index in [4.69, 9.17) is 14.1 Å². The number of hydrogen-bond donors (Lipinski definition) is 1. The zero-order chi connectivity index (χ0) is 23.9. The average molecular weight is 505 g/mol. The van der Waals surface area contributed by atoms with Crippen molar-refractivity contribution in [2.75, 3.05) is 11.5 Å². The summed E-state index contributed by atoms with van der Waals surface area (Å²) < 4.78 is 23.0. The van der Waals surface area contributed by atoms with E-state index in [1.54, 1.807) is 42.6 Å². The second-order valence-electron chi connectivity index (χ2n) is 6.16. The van der Waals surface area contributed by atoms with E-state index < -0.39 is 14.8 Å². The normalized spacial score (nSPS) is 13.9. The predicted octanol–water partition coefficient (Wildman–Crippen LogP) is 3.90. The summed E-state index contributed by atoms with van der Waals surface area (Å²) in [4.78, 5) is 35.0. The van der Waals surface area contributed by atoms with Gasteiger partial charge in [-0.2, -0.15) is 0 Å². The Morgan fingerprint density at radius 3 is 1.97 bits per heavy atom. The van der Waals surface area contributed by atoms with Crippen molar-refractivity contribution in [1.82, 2.24) is 0 Å². The van der Waals surface area contributed by atoms with Crippen LogP contribution < -0.4 is 0 Å². The van der Waals surface area contributed by atoms with E-state index in [1.807, 2.05) is 24.3 Å². The predicted molar refractivity (Wildman–Crippen MR) is 116 cm³/mol. The Bertz CT molecular complexity index is 977. The zero-order valence-electron chi connectivity index (χ0n) is 18.0. The van der Waals surface area contributed by atoms with Crippen molar-refractivity contribution in [3.63, 3.8) is 0 Å². The molecule has 0 saturated carbocycles. The molecule has 0 unspecified atom stereocenters. The molecule has 0 fully saturated rings. The molecule has 6 nitrogen and oxygen atoms in total.